The second kappa shape index (κ2) is 15.3. The lowest BCUT2D eigenvalue weighted by molar-refractivity contribution is -0.0948. The number of methoxy groups -OCH3 is 1. The SMILES string of the molecule is CO[C@@]1(CN2CCN(C)CC2)/C=C/C[C@H](C)[C@@H](C)S(=O)(=O)NC(=O)c2ccc3c(c2)N(CCCCc2cc(Cl)ccc2CO3)C[C@@H]2CC[C@H]21. The molecule has 268 valence electrons. The van der Waals surface area contributed by atoms with Gasteiger partial charge in [-0.2, -0.15) is 0 Å². The predicted molar refractivity (Wildman–Crippen MR) is 196 cm³/mol. The fourth-order valence-electron chi connectivity index (χ4n) is 7.99. The number of fused-ring (bicyclic) bond motifs is 3. The van der Waals surface area contributed by atoms with E-state index in [0.717, 1.165) is 94.2 Å². The van der Waals surface area contributed by atoms with Gasteiger partial charge in [0.1, 0.15) is 18.0 Å². The molecule has 0 unspecified atom stereocenters. The minimum atomic E-state index is -3.94. The molecule has 1 amide bonds. The molecule has 9 nitrogen and oxygen atoms in total. The lowest BCUT2D eigenvalue weighted by atomic mass is 9.63. The minimum absolute atomic E-state index is 0.209. The van der Waals surface area contributed by atoms with Crippen LogP contribution in [0, 0.1) is 17.8 Å². The van der Waals surface area contributed by atoms with Gasteiger partial charge >= 0.3 is 0 Å². The molecule has 4 aliphatic rings. The summed E-state index contributed by atoms with van der Waals surface area (Å²) in [6.07, 6.45) is 9.92. The number of allylic oxidation sites excluding steroid dienone is 1. The Kier molecular flexibility index (Phi) is 11.3. The molecule has 6 rings (SSSR count). The Bertz CT molecular complexity index is 1630. The van der Waals surface area contributed by atoms with Crippen molar-refractivity contribution in [2.24, 2.45) is 17.8 Å². The number of benzene rings is 2. The van der Waals surface area contributed by atoms with Crippen LogP contribution in [0.25, 0.3) is 0 Å². The third-order valence-electron chi connectivity index (χ3n) is 11.6. The number of hydrogen-bond donors (Lipinski definition) is 1. The van der Waals surface area contributed by atoms with Gasteiger partial charge in [0.2, 0.25) is 10.0 Å². The Morgan fingerprint density at radius 3 is 2.55 bits per heavy atom. The van der Waals surface area contributed by atoms with Gasteiger partial charge in [-0.15, -0.1) is 0 Å². The van der Waals surface area contributed by atoms with Crippen LogP contribution in [0.5, 0.6) is 5.75 Å². The second-order valence-electron chi connectivity index (χ2n) is 14.8. The van der Waals surface area contributed by atoms with E-state index in [1.807, 2.05) is 44.4 Å². The molecule has 5 atom stereocenters. The zero-order valence-electron chi connectivity index (χ0n) is 29.5. The van der Waals surface area contributed by atoms with Crippen molar-refractivity contribution in [2.45, 2.75) is 69.8 Å². The van der Waals surface area contributed by atoms with E-state index in [0.29, 0.717) is 36.2 Å². The van der Waals surface area contributed by atoms with Crippen molar-refractivity contribution in [3.63, 3.8) is 0 Å². The maximum atomic E-state index is 13.6. The molecule has 1 saturated heterocycles. The Morgan fingerprint density at radius 1 is 1.02 bits per heavy atom. The fraction of sp³-hybridized carbons (Fsp3) is 0.605. The number of aryl methyl sites for hydroxylation is 1. The Morgan fingerprint density at radius 2 is 1.82 bits per heavy atom. The van der Waals surface area contributed by atoms with Crippen molar-refractivity contribution in [3.8, 4) is 5.75 Å². The lowest BCUT2D eigenvalue weighted by Gasteiger charge is -2.51. The third kappa shape index (κ3) is 8.14. The zero-order chi connectivity index (χ0) is 34.8. The van der Waals surface area contributed by atoms with Crippen LogP contribution in [0.1, 0.15) is 67.4 Å². The summed E-state index contributed by atoms with van der Waals surface area (Å²) >= 11 is 6.39. The first-order valence-corrected chi connectivity index (χ1v) is 19.9. The van der Waals surface area contributed by atoms with Crippen LogP contribution < -0.4 is 14.4 Å². The average Bonchev–Trinajstić information content (AvgIpc) is 3.09. The van der Waals surface area contributed by atoms with Gasteiger partial charge in [0.15, 0.2) is 0 Å². The number of halogens is 1. The first-order valence-electron chi connectivity index (χ1n) is 18.0. The number of carbonyl (C=O) groups excluding carboxylic acids is 1. The summed E-state index contributed by atoms with van der Waals surface area (Å²) in [6, 6.07) is 11.3. The van der Waals surface area contributed by atoms with Gasteiger partial charge in [-0.1, -0.05) is 36.7 Å². The molecule has 3 aliphatic heterocycles. The smallest absolute Gasteiger partial charge is 0.264 e. The van der Waals surface area contributed by atoms with Crippen LogP contribution >= 0.6 is 11.6 Å². The normalized spacial score (nSPS) is 30.8. The summed E-state index contributed by atoms with van der Waals surface area (Å²) in [5.41, 5.74) is 2.91. The van der Waals surface area contributed by atoms with Crippen LogP contribution in [0.4, 0.5) is 5.69 Å². The van der Waals surface area contributed by atoms with Gasteiger partial charge in [-0.05, 0) is 112 Å². The number of rotatable bonds is 3. The van der Waals surface area contributed by atoms with Crippen molar-refractivity contribution in [1.29, 1.82) is 0 Å². The van der Waals surface area contributed by atoms with Gasteiger partial charge in [0.25, 0.3) is 5.91 Å². The van der Waals surface area contributed by atoms with Crippen LogP contribution in [0.2, 0.25) is 5.02 Å². The number of nitrogens with one attached hydrogen (secondary N) is 1. The van der Waals surface area contributed by atoms with Gasteiger partial charge in [0, 0.05) is 63.5 Å². The first kappa shape index (κ1) is 36.2. The van der Waals surface area contributed by atoms with Gasteiger partial charge in [-0.25, -0.2) is 13.1 Å². The van der Waals surface area contributed by atoms with Crippen molar-refractivity contribution >= 4 is 33.2 Å². The summed E-state index contributed by atoms with van der Waals surface area (Å²) < 4.78 is 42.5. The van der Waals surface area contributed by atoms with E-state index in [1.165, 1.54) is 5.56 Å². The molecule has 49 heavy (non-hydrogen) atoms. The maximum absolute atomic E-state index is 13.6. The zero-order valence-corrected chi connectivity index (χ0v) is 31.1. The third-order valence-corrected chi connectivity index (χ3v) is 13.8. The van der Waals surface area contributed by atoms with Gasteiger partial charge < -0.3 is 19.3 Å². The number of carbonyl (C=O) groups is 1. The number of likely N-dealkylation sites (N-methyl/N-ethyl adjacent to an activating group) is 1. The number of amides is 1. The van der Waals surface area contributed by atoms with E-state index < -0.39 is 26.8 Å². The topological polar surface area (TPSA) is 91.4 Å². The van der Waals surface area contributed by atoms with E-state index in [9.17, 15) is 13.2 Å². The van der Waals surface area contributed by atoms with Gasteiger partial charge in [0.05, 0.1) is 10.9 Å². The molecule has 3 heterocycles. The highest BCUT2D eigenvalue weighted by Gasteiger charge is 2.48. The second-order valence-corrected chi connectivity index (χ2v) is 17.2. The maximum Gasteiger partial charge on any atom is 0.264 e. The summed E-state index contributed by atoms with van der Waals surface area (Å²) in [6.45, 7) is 10.4. The molecule has 0 radical (unpaired) electrons. The first-order chi connectivity index (χ1) is 23.5. The summed E-state index contributed by atoms with van der Waals surface area (Å²) in [7, 11) is 0.0740. The van der Waals surface area contributed by atoms with Crippen LogP contribution in [-0.4, -0.2) is 94.9 Å². The quantitative estimate of drug-likeness (QED) is 0.402. The number of ether oxygens (including phenoxy) is 2. The monoisotopic (exact) mass is 712 g/mol. The fourth-order valence-corrected chi connectivity index (χ4v) is 9.47. The van der Waals surface area contributed by atoms with Gasteiger partial charge in [-0.3, -0.25) is 9.69 Å². The molecule has 1 saturated carbocycles. The molecular formula is C38H53ClN4O5S. The Hall–Kier alpha value is -2.63. The van der Waals surface area contributed by atoms with E-state index >= 15 is 0 Å². The van der Waals surface area contributed by atoms with E-state index in [4.69, 9.17) is 21.1 Å². The van der Waals surface area contributed by atoms with Crippen LogP contribution in [0.3, 0.4) is 0 Å². The molecule has 2 aromatic carbocycles. The van der Waals surface area contributed by atoms with Crippen molar-refractivity contribution in [2.75, 3.05) is 64.9 Å². The number of nitrogens with zero attached hydrogens (tertiary/aromatic N) is 3. The predicted octanol–water partition coefficient (Wildman–Crippen LogP) is 5.76. The highest BCUT2D eigenvalue weighted by molar-refractivity contribution is 7.90. The number of piperazine rings is 1. The number of hydrogen-bond acceptors (Lipinski definition) is 8. The van der Waals surface area contributed by atoms with Crippen molar-refractivity contribution < 1.29 is 22.7 Å². The Labute approximate surface area is 298 Å². The number of anilines is 1. The molecular weight excluding hydrogens is 660 g/mol. The van der Waals surface area contributed by atoms with Crippen molar-refractivity contribution in [3.05, 3.63) is 70.3 Å². The summed E-state index contributed by atoms with van der Waals surface area (Å²) in [5.74, 6) is 0.507. The average molecular weight is 713 g/mol. The molecule has 1 N–H and O–H groups in total. The summed E-state index contributed by atoms with van der Waals surface area (Å²) in [5, 5.41) is -0.0500. The highest BCUT2D eigenvalue weighted by atomic mass is 35.5. The molecule has 1 aliphatic carbocycles. The minimum Gasteiger partial charge on any atom is -0.487 e. The molecule has 2 fully saturated rings. The van der Waals surface area contributed by atoms with E-state index in [2.05, 4.69) is 38.6 Å². The van der Waals surface area contributed by atoms with Crippen molar-refractivity contribution in [1.82, 2.24) is 14.5 Å². The lowest BCUT2D eigenvalue weighted by Crippen LogP contribution is -2.58. The van der Waals surface area contributed by atoms with E-state index in [1.54, 1.807) is 13.0 Å². The summed E-state index contributed by atoms with van der Waals surface area (Å²) in [4.78, 5) is 20.8. The van der Waals surface area contributed by atoms with E-state index in [-0.39, 0.29) is 5.92 Å². The van der Waals surface area contributed by atoms with Crippen LogP contribution in [-0.2, 0) is 27.8 Å². The standard InChI is InChI=1S/C38H53ClN4O5S/c1-27-8-7-16-38(47-4,26-42-20-18-41(3)19-21-42)34-14-11-31(34)24-43-17-6-5-9-29-22-33(39)13-10-32(29)25-48-36-15-12-30(23-35(36)43)37(44)40-49(45,46)28(27)2/h7,10,12-13,15-16,22-23,27-28,31,34H,5-6,8-9,11,14,17-21,24-26H2,1-4H3,(H,40,44)/b16-7+/t27-,28+,31-,34+,38+/m0/s1. The molecule has 2 bridgehead atoms. The molecule has 0 spiro atoms. The number of sulfonamides is 1. The molecule has 2 aromatic rings. The molecule has 11 heteroatoms. The largest absolute Gasteiger partial charge is 0.487 e. The Balaban J connectivity index is 1.40. The molecule has 0 aromatic heterocycles. The highest BCUT2D eigenvalue weighted by Crippen LogP contribution is 2.47. The van der Waals surface area contributed by atoms with Crippen LogP contribution in [0.15, 0.2) is 48.6 Å².